The van der Waals surface area contributed by atoms with E-state index in [1.54, 1.807) is 45.0 Å². The van der Waals surface area contributed by atoms with Crippen molar-refractivity contribution in [3.63, 3.8) is 0 Å². The summed E-state index contributed by atoms with van der Waals surface area (Å²) in [7, 11) is 0. The number of nitrogens with one attached hydrogen (secondary N) is 2. The topological polar surface area (TPSA) is 97.5 Å². The molecule has 0 unspecified atom stereocenters. The van der Waals surface area contributed by atoms with Crippen molar-refractivity contribution in [1.29, 1.82) is 0 Å². The molecule has 0 amide bonds. The van der Waals surface area contributed by atoms with E-state index in [-0.39, 0.29) is 12.3 Å². The number of ether oxygens (including phenoxy) is 2. The number of benzene rings is 2. The first kappa shape index (κ1) is 21.8. The Morgan fingerprint density at radius 2 is 1.58 bits per heavy atom. The Balaban J connectivity index is 1.71. The summed E-state index contributed by atoms with van der Waals surface area (Å²) in [5, 5.41) is 3.17. The molecular formula is C24H24N2O5. The molecule has 0 spiro atoms. The average Bonchev–Trinajstić information content (AvgIpc) is 3.07. The highest BCUT2D eigenvalue weighted by Gasteiger charge is 2.24. The molecule has 0 aliphatic heterocycles. The number of carbonyl (C=O) groups is 3. The summed E-state index contributed by atoms with van der Waals surface area (Å²) in [5.74, 6) is -1.55. The van der Waals surface area contributed by atoms with E-state index in [9.17, 15) is 14.4 Å². The van der Waals surface area contributed by atoms with Gasteiger partial charge >= 0.3 is 11.9 Å². The molecule has 7 nitrogen and oxygen atoms in total. The van der Waals surface area contributed by atoms with Gasteiger partial charge in [-0.05, 0) is 50.6 Å². The van der Waals surface area contributed by atoms with E-state index in [2.05, 4.69) is 10.3 Å². The lowest BCUT2D eigenvalue weighted by molar-refractivity contribution is 0.0473. The highest BCUT2D eigenvalue weighted by atomic mass is 16.5. The number of anilines is 2. The molecule has 7 heteroatoms. The minimum Gasteiger partial charge on any atom is -0.462 e. The molecule has 0 bridgehead atoms. The molecule has 31 heavy (non-hydrogen) atoms. The van der Waals surface area contributed by atoms with Crippen molar-refractivity contribution in [3.05, 3.63) is 82.7 Å². The van der Waals surface area contributed by atoms with E-state index in [0.717, 1.165) is 5.69 Å². The molecule has 0 saturated carbocycles. The SMILES string of the molecule is CCOC(=O)c1c(C)[nH]c(C(=O)COC(=O)c2ccccc2Nc2ccccc2)c1C. The van der Waals surface area contributed by atoms with Crippen LogP contribution in [0, 0.1) is 13.8 Å². The van der Waals surface area contributed by atoms with E-state index >= 15 is 0 Å². The molecule has 0 fully saturated rings. The fourth-order valence-electron chi connectivity index (χ4n) is 3.27. The molecule has 3 aromatic rings. The van der Waals surface area contributed by atoms with Crippen LogP contribution < -0.4 is 5.32 Å². The molecule has 0 radical (unpaired) electrons. The predicted molar refractivity (Wildman–Crippen MR) is 117 cm³/mol. The van der Waals surface area contributed by atoms with E-state index in [1.807, 2.05) is 30.3 Å². The molecule has 160 valence electrons. The molecule has 0 aliphatic carbocycles. The van der Waals surface area contributed by atoms with Crippen LogP contribution in [0.4, 0.5) is 11.4 Å². The van der Waals surface area contributed by atoms with Crippen LogP contribution in [0.5, 0.6) is 0 Å². The smallest absolute Gasteiger partial charge is 0.340 e. The van der Waals surface area contributed by atoms with Crippen molar-refractivity contribution in [3.8, 4) is 0 Å². The van der Waals surface area contributed by atoms with Gasteiger partial charge in [-0.2, -0.15) is 0 Å². The van der Waals surface area contributed by atoms with Crippen LogP contribution in [0.3, 0.4) is 0 Å². The van der Waals surface area contributed by atoms with Crippen LogP contribution >= 0.6 is 0 Å². The van der Waals surface area contributed by atoms with Crippen molar-refractivity contribution in [2.45, 2.75) is 20.8 Å². The third-order valence-electron chi connectivity index (χ3n) is 4.73. The van der Waals surface area contributed by atoms with Gasteiger partial charge < -0.3 is 19.8 Å². The number of rotatable bonds is 8. The summed E-state index contributed by atoms with van der Waals surface area (Å²) in [4.78, 5) is 40.3. The van der Waals surface area contributed by atoms with Gasteiger partial charge in [-0.3, -0.25) is 4.79 Å². The Morgan fingerprint density at radius 3 is 2.29 bits per heavy atom. The summed E-state index contributed by atoms with van der Waals surface area (Å²) in [6.45, 7) is 4.84. The number of ketones is 1. The van der Waals surface area contributed by atoms with Gasteiger partial charge in [0.05, 0.1) is 29.1 Å². The molecule has 0 aliphatic rings. The van der Waals surface area contributed by atoms with Crippen LogP contribution in [0.25, 0.3) is 0 Å². The molecule has 0 atom stereocenters. The third-order valence-corrected chi connectivity index (χ3v) is 4.73. The van der Waals surface area contributed by atoms with Crippen LogP contribution in [-0.4, -0.2) is 35.9 Å². The van der Waals surface area contributed by atoms with Crippen molar-refractivity contribution < 1.29 is 23.9 Å². The second-order valence-corrected chi connectivity index (χ2v) is 6.88. The average molecular weight is 420 g/mol. The Morgan fingerprint density at radius 1 is 0.903 bits per heavy atom. The highest BCUT2D eigenvalue weighted by Crippen LogP contribution is 2.22. The summed E-state index contributed by atoms with van der Waals surface area (Å²) < 4.78 is 10.3. The van der Waals surface area contributed by atoms with Gasteiger partial charge in [-0.15, -0.1) is 0 Å². The normalized spacial score (nSPS) is 10.4. The van der Waals surface area contributed by atoms with Crippen LogP contribution in [0.1, 0.15) is 49.4 Å². The van der Waals surface area contributed by atoms with Crippen LogP contribution in [0.15, 0.2) is 54.6 Å². The van der Waals surface area contributed by atoms with Crippen molar-refractivity contribution in [2.24, 2.45) is 0 Å². The van der Waals surface area contributed by atoms with Crippen LogP contribution in [-0.2, 0) is 9.47 Å². The lowest BCUT2D eigenvalue weighted by Gasteiger charge is -2.11. The molecular weight excluding hydrogens is 396 g/mol. The number of aromatic nitrogens is 1. The van der Waals surface area contributed by atoms with E-state index in [4.69, 9.17) is 9.47 Å². The van der Waals surface area contributed by atoms with Gasteiger partial charge in [-0.25, -0.2) is 9.59 Å². The third kappa shape index (κ3) is 5.01. The first-order valence-electron chi connectivity index (χ1n) is 9.90. The highest BCUT2D eigenvalue weighted by molar-refractivity contribution is 6.04. The Kier molecular flexibility index (Phi) is 6.87. The van der Waals surface area contributed by atoms with Crippen molar-refractivity contribution in [2.75, 3.05) is 18.5 Å². The van der Waals surface area contributed by atoms with Crippen molar-refractivity contribution in [1.82, 2.24) is 4.98 Å². The van der Waals surface area contributed by atoms with Gasteiger partial charge in [0.2, 0.25) is 5.78 Å². The lowest BCUT2D eigenvalue weighted by atomic mass is 10.1. The number of para-hydroxylation sites is 2. The van der Waals surface area contributed by atoms with Gasteiger partial charge in [0, 0.05) is 11.4 Å². The first-order chi connectivity index (χ1) is 14.9. The van der Waals surface area contributed by atoms with Crippen molar-refractivity contribution >= 4 is 29.1 Å². The number of aryl methyl sites for hydroxylation is 1. The summed E-state index contributed by atoms with van der Waals surface area (Å²) in [6, 6.07) is 16.3. The van der Waals surface area contributed by atoms with Gasteiger partial charge in [0.1, 0.15) is 0 Å². The monoisotopic (exact) mass is 420 g/mol. The number of aromatic amines is 1. The summed E-state index contributed by atoms with van der Waals surface area (Å²) in [5.41, 5.74) is 3.26. The maximum Gasteiger partial charge on any atom is 0.340 e. The zero-order valence-electron chi connectivity index (χ0n) is 17.7. The number of carbonyl (C=O) groups excluding carboxylic acids is 3. The van der Waals surface area contributed by atoms with E-state index in [0.29, 0.717) is 28.1 Å². The van der Waals surface area contributed by atoms with E-state index < -0.39 is 24.3 Å². The minimum absolute atomic E-state index is 0.226. The molecule has 1 heterocycles. The fraction of sp³-hybridized carbons (Fsp3) is 0.208. The molecule has 0 saturated heterocycles. The summed E-state index contributed by atoms with van der Waals surface area (Å²) in [6.07, 6.45) is 0. The predicted octanol–water partition coefficient (Wildman–Crippen LogP) is 4.59. The lowest BCUT2D eigenvalue weighted by Crippen LogP contribution is -2.16. The molecule has 3 rings (SSSR count). The van der Waals surface area contributed by atoms with Gasteiger partial charge in [0.15, 0.2) is 6.61 Å². The second-order valence-electron chi connectivity index (χ2n) is 6.88. The Hall–Kier alpha value is -3.87. The maximum absolute atomic E-state index is 12.6. The van der Waals surface area contributed by atoms with Gasteiger partial charge in [-0.1, -0.05) is 30.3 Å². The number of hydrogen-bond donors (Lipinski definition) is 2. The zero-order valence-corrected chi connectivity index (χ0v) is 17.7. The maximum atomic E-state index is 12.6. The minimum atomic E-state index is -0.626. The number of esters is 2. The van der Waals surface area contributed by atoms with Crippen LogP contribution in [0.2, 0.25) is 0 Å². The largest absolute Gasteiger partial charge is 0.462 e. The second kappa shape index (κ2) is 9.75. The zero-order chi connectivity index (χ0) is 22.4. The first-order valence-corrected chi connectivity index (χ1v) is 9.90. The Labute approximate surface area is 180 Å². The number of Topliss-reactive ketones (excluding diaryl/α,β-unsaturated/α-hetero) is 1. The molecule has 2 aromatic carbocycles. The molecule has 2 N–H and O–H groups in total. The molecule has 1 aromatic heterocycles. The Bertz CT molecular complexity index is 1100. The fourth-order valence-corrected chi connectivity index (χ4v) is 3.27. The van der Waals surface area contributed by atoms with Gasteiger partial charge in [0.25, 0.3) is 0 Å². The number of H-pyrrole nitrogens is 1. The summed E-state index contributed by atoms with van der Waals surface area (Å²) >= 11 is 0. The number of hydrogen-bond acceptors (Lipinski definition) is 6. The van der Waals surface area contributed by atoms with E-state index in [1.165, 1.54) is 0 Å². The standard InChI is InChI=1S/C24H24N2O5/c1-4-30-24(29)21-15(2)22(25-16(21)3)20(27)14-31-23(28)18-12-8-9-13-19(18)26-17-10-6-5-7-11-17/h5-13,25-26H,4,14H2,1-3H3. The quantitative estimate of drug-likeness (QED) is 0.409.